The zero-order valence-corrected chi connectivity index (χ0v) is 18.4. The van der Waals surface area contributed by atoms with E-state index in [0.717, 1.165) is 52.4 Å². The van der Waals surface area contributed by atoms with Crippen molar-refractivity contribution in [2.24, 2.45) is 0 Å². The zero-order chi connectivity index (χ0) is 19.6. The van der Waals surface area contributed by atoms with E-state index in [0.29, 0.717) is 12.8 Å². The molecule has 0 spiro atoms. The van der Waals surface area contributed by atoms with Crippen LogP contribution in [0.2, 0.25) is 0 Å². The van der Waals surface area contributed by atoms with Gasteiger partial charge in [0.1, 0.15) is 5.01 Å². The highest BCUT2D eigenvalue weighted by Crippen LogP contribution is 2.55. The molecule has 0 N–H and O–H groups in total. The van der Waals surface area contributed by atoms with Crippen molar-refractivity contribution in [2.75, 3.05) is 13.2 Å². The molecule has 0 bridgehead atoms. The third-order valence-electron chi connectivity index (χ3n) is 4.87. The maximum atomic E-state index is 13.6. The van der Waals surface area contributed by atoms with Crippen LogP contribution in [0.5, 0.6) is 0 Å². The molecule has 28 heavy (non-hydrogen) atoms. The van der Waals surface area contributed by atoms with E-state index in [4.69, 9.17) is 21.7 Å². The molecule has 2 heterocycles. The van der Waals surface area contributed by atoms with Gasteiger partial charge in [0, 0.05) is 12.1 Å². The van der Waals surface area contributed by atoms with Crippen molar-refractivity contribution in [3.05, 3.63) is 54.1 Å². The minimum atomic E-state index is -3.00. The van der Waals surface area contributed by atoms with E-state index in [1.54, 1.807) is 11.3 Å². The first-order chi connectivity index (χ1) is 13.6. The Kier molecular flexibility index (Phi) is 5.93. The number of fused-ring (bicyclic) bond motifs is 1. The summed E-state index contributed by atoms with van der Waals surface area (Å²) in [5, 5.41) is 0.998. The second-order valence-corrected chi connectivity index (χ2v) is 10.7. The van der Waals surface area contributed by atoms with Gasteiger partial charge >= 0.3 is 7.52 Å². The number of para-hydroxylation sites is 1. The third kappa shape index (κ3) is 4.06. The Hall–Kier alpha value is -1.59. The summed E-state index contributed by atoms with van der Waals surface area (Å²) in [4.78, 5) is 5.49. The average molecular weight is 431 g/mol. The van der Waals surface area contributed by atoms with Crippen LogP contribution in [0, 0.1) is 0 Å². The summed E-state index contributed by atoms with van der Waals surface area (Å²) in [6.07, 6.45) is 3.27. The Morgan fingerprint density at radius 3 is 2.68 bits per heavy atom. The van der Waals surface area contributed by atoms with Crippen LogP contribution in [-0.4, -0.2) is 27.8 Å². The number of hydrogen-bond acceptors (Lipinski definition) is 5. The highest BCUT2D eigenvalue weighted by Gasteiger charge is 2.34. The van der Waals surface area contributed by atoms with E-state index in [1.165, 1.54) is 4.70 Å². The summed E-state index contributed by atoms with van der Waals surface area (Å²) in [7, 11) is -3.00. The van der Waals surface area contributed by atoms with Gasteiger partial charge in [0.2, 0.25) is 0 Å². The molecule has 1 atom stereocenters. The molecule has 1 fully saturated rings. The quantitative estimate of drug-likeness (QED) is 0.330. The first kappa shape index (κ1) is 19.7. The van der Waals surface area contributed by atoms with E-state index in [9.17, 15) is 4.57 Å². The number of benzene rings is 2. The van der Waals surface area contributed by atoms with E-state index in [-0.39, 0.29) is 0 Å². The van der Waals surface area contributed by atoms with Gasteiger partial charge in [0.05, 0.1) is 28.0 Å². The minimum Gasteiger partial charge on any atom is -0.313 e. The van der Waals surface area contributed by atoms with Crippen LogP contribution in [0.15, 0.2) is 48.5 Å². The first-order valence-electron chi connectivity index (χ1n) is 9.58. The number of piperidine rings is 1. The standard InChI is InChI=1S/C21H23N2O2PS2/c1-2-25-26(24,23-14-6-5-9-20(23)27)15-16-10-12-17(13-11-16)21-22-18-7-3-4-8-19(18)28-21/h3-4,7-8,10-13H,2,5-6,9,14-15H2,1H3. The van der Waals surface area contributed by atoms with E-state index in [2.05, 4.69) is 18.2 Å². The molecule has 1 unspecified atom stereocenters. The fourth-order valence-electron chi connectivity index (χ4n) is 3.50. The van der Waals surface area contributed by atoms with Gasteiger partial charge in [-0.15, -0.1) is 11.3 Å². The Morgan fingerprint density at radius 2 is 1.96 bits per heavy atom. The third-order valence-corrected chi connectivity index (χ3v) is 9.12. The van der Waals surface area contributed by atoms with Gasteiger partial charge in [0.15, 0.2) is 0 Å². The van der Waals surface area contributed by atoms with Crippen LogP contribution < -0.4 is 0 Å². The van der Waals surface area contributed by atoms with E-state index < -0.39 is 7.52 Å². The van der Waals surface area contributed by atoms with Crippen molar-refractivity contribution in [1.29, 1.82) is 0 Å². The van der Waals surface area contributed by atoms with Gasteiger partial charge in [-0.3, -0.25) is 9.24 Å². The van der Waals surface area contributed by atoms with Crippen molar-refractivity contribution in [2.45, 2.75) is 32.3 Å². The lowest BCUT2D eigenvalue weighted by molar-refractivity contribution is 0.295. The molecule has 1 aromatic heterocycles. The van der Waals surface area contributed by atoms with E-state index in [1.807, 2.05) is 41.9 Å². The predicted molar refractivity (Wildman–Crippen MR) is 121 cm³/mol. The lowest BCUT2D eigenvalue weighted by Crippen LogP contribution is -2.32. The maximum Gasteiger partial charge on any atom is 0.301 e. The number of aromatic nitrogens is 1. The van der Waals surface area contributed by atoms with Gasteiger partial charge in [0.25, 0.3) is 0 Å². The Labute approximate surface area is 175 Å². The summed E-state index contributed by atoms with van der Waals surface area (Å²) in [5.41, 5.74) is 3.09. The molecule has 3 aromatic rings. The number of rotatable bonds is 6. The summed E-state index contributed by atoms with van der Waals surface area (Å²) in [5.74, 6) is 0. The highest BCUT2D eigenvalue weighted by atomic mass is 32.1. The Bertz CT molecular complexity index is 999. The lowest BCUT2D eigenvalue weighted by Gasteiger charge is -2.35. The van der Waals surface area contributed by atoms with Crippen molar-refractivity contribution in [3.8, 4) is 10.6 Å². The number of nitrogens with zero attached hydrogens (tertiary/aromatic N) is 2. The summed E-state index contributed by atoms with van der Waals surface area (Å²) in [6.45, 7) is 3.02. The average Bonchev–Trinajstić information content (AvgIpc) is 3.13. The Morgan fingerprint density at radius 1 is 1.18 bits per heavy atom. The zero-order valence-electron chi connectivity index (χ0n) is 15.8. The van der Waals surface area contributed by atoms with Crippen LogP contribution in [-0.2, 0) is 15.3 Å². The molecule has 0 radical (unpaired) electrons. The topological polar surface area (TPSA) is 42.4 Å². The van der Waals surface area contributed by atoms with E-state index >= 15 is 0 Å². The smallest absolute Gasteiger partial charge is 0.301 e. The van der Waals surface area contributed by atoms with Gasteiger partial charge in [-0.2, -0.15) is 0 Å². The van der Waals surface area contributed by atoms with Crippen LogP contribution in [0.4, 0.5) is 0 Å². The molecular formula is C21H23N2O2PS2. The summed E-state index contributed by atoms with van der Waals surface area (Å²) >= 11 is 7.17. The summed E-state index contributed by atoms with van der Waals surface area (Å²) in [6, 6.07) is 16.3. The molecule has 1 aliphatic rings. The minimum absolute atomic E-state index is 0.376. The number of thiocarbonyl (C=S) groups is 1. The lowest BCUT2D eigenvalue weighted by atomic mass is 10.2. The van der Waals surface area contributed by atoms with Crippen LogP contribution in [0.1, 0.15) is 31.7 Å². The van der Waals surface area contributed by atoms with Crippen molar-refractivity contribution in [3.63, 3.8) is 0 Å². The molecule has 1 saturated heterocycles. The van der Waals surface area contributed by atoms with Gasteiger partial charge in [-0.05, 0) is 43.9 Å². The van der Waals surface area contributed by atoms with Gasteiger partial charge in [-0.25, -0.2) is 4.98 Å². The SMILES string of the molecule is CCOP(=O)(Cc1ccc(-c2nc3ccccc3s2)cc1)N1CCCCC1=S. The number of hydrogen-bond donors (Lipinski definition) is 0. The maximum absolute atomic E-state index is 13.6. The summed E-state index contributed by atoms with van der Waals surface area (Å²) < 4.78 is 22.4. The molecule has 0 aliphatic carbocycles. The molecule has 4 rings (SSSR count). The monoisotopic (exact) mass is 430 g/mol. The molecule has 4 nitrogen and oxygen atoms in total. The normalized spacial score (nSPS) is 17.0. The van der Waals surface area contributed by atoms with Crippen molar-refractivity contribution in [1.82, 2.24) is 9.65 Å². The molecule has 2 aromatic carbocycles. The second-order valence-electron chi connectivity index (χ2n) is 6.87. The van der Waals surface area contributed by atoms with Crippen molar-refractivity contribution < 1.29 is 9.09 Å². The molecule has 146 valence electrons. The van der Waals surface area contributed by atoms with Crippen molar-refractivity contribution >= 4 is 46.3 Å². The highest BCUT2D eigenvalue weighted by molar-refractivity contribution is 7.81. The molecule has 7 heteroatoms. The van der Waals surface area contributed by atoms with Crippen LogP contribution in [0.3, 0.4) is 0 Å². The second kappa shape index (κ2) is 8.42. The Balaban J connectivity index is 1.57. The van der Waals surface area contributed by atoms with Crippen LogP contribution in [0.25, 0.3) is 20.8 Å². The fraction of sp³-hybridized carbons (Fsp3) is 0.333. The van der Waals surface area contributed by atoms with Crippen LogP contribution >= 0.6 is 31.1 Å². The first-order valence-corrected chi connectivity index (χ1v) is 12.6. The number of thiazole rings is 1. The molecule has 0 saturated carbocycles. The molecule has 1 aliphatic heterocycles. The largest absolute Gasteiger partial charge is 0.313 e. The molecular weight excluding hydrogens is 407 g/mol. The molecule has 0 amide bonds. The fourth-order valence-corrected chi connectivity index (χ4v) is 7.44. The van der Waals surface area contributed by atoms with Gasteiger partial charge < -0.3 is 4.52 Å². The predicted octanol–water partition coefficient (Wildman–Crippen LogP) is 6.51. The van der Waals surface area contributed by atoms with Gasteiger partial charge in [-0.1, -0.05) is 48.6 Å².